The van der Waals surface area contributed by atoms with Gasteiger partial charge in [-0.2, -0.15) is 0 Å². The molecular formula is C19H24F2N6O. The van der Waals surface area contributed by atoms with Crippen LogP contribution in [0.5, 0.6) is 0 Å². The van der Waals surface area contributed by atoms with Crippen LogP contribution in [0.3, 0.4) is 0 Å². The second-order valence-corrected chi connectivity index (χ2v) is 6.48. The number of carbonyl (C=O) groups excluding carboxylic acids is 1. The van der Waals surface area contributed by atoms with E-state index in [0.717, 1.165) is 42.9 Å². The first-order chi connectivity index (χ1) is 13.5. The van der Waals surface area contributed by atoms with E-state index in [-0.39, 0.29) is 11.7 Å². The quantitative estimate of drug-likeness (QED) is 0.850. The lowest BCUT2D eigenvalue weighted by molar-refractivity contribution is 0.208. The number of urea groups is 1. The number of carbonyl (C=O) groups is 1. The first-order valence-electron chi connectivity index (χ1n) is 9.35. The summed E-state index contributed by atoms with van der Waals surface area (Å²) in [6.07, 6.45) is 0. The molecule has 2 heterocycles. The molecule has 3 rings (SSSR count). The van der Waals surface area contributed by atoms with E-state index in [4.69, 9.17) is 0 Å². The zero-order chi connectivity index (χ0) is 20.1. The molecule has 2 amide bonds. The van der Waals surface area contributed by atoms with Gasteiger partial charge in [-0.05, 0) is 38.1 Å². The number of rotatable bonds is 5. The Kier molecular flexibility index (Phi) is 6.23. The number of aromatic nitrogens is 2. The van der Waals surface area contributed by atoms with Gasteiger partial charge in [0.1, 0.15) is 11.6 Å². The number of halogens is 2. The number of nitrogens with one attached hydrogen (secondary N) is 1. The Balaban J connectivity index is 1.55. The van der Waals surface area contributed by atoms with Crippen LogP contribution in [0.15, 0.2) is 30.3 Å². The van der Waals surface area contributed by atoms with Gasteiger partial charge in [0, 0.05) is 51.0 Å². The van der Waals surface area contributed by atoms with Gasteiger partial charge in [0.05, 0.1) is 0 Å². The van der Waals surface area contributed by atoms with E-state index in [2.05, 4.69) is 39.2 Å². The molecule has 0 bridgehead atoms. The number of anilines is 3. The average Bonchev–Trinajstić information content (AvgIpc) is 2.69. The summed E-state index contributed by atoms with van der Waals surface area (Å²) >= 11 is 0. The fourth-order valence-corrected chi connectivity index (χ4v) is 3.17. The molecule has 1 N–H and O–H groups in total. The van der Waals surface area contributed by atoms with Crippen molar-refractivity contribution in [3.8, 4) is 0 Å². The molecule has 0 atom stereocenters. The number of amides is 2. The summed E-state index contributed by atoms with van der Waals surface area (Å²) in [7, 11) is 0. The monoisotopic (exact) mass is 390 g/mol. The molecule has 0 unspecified atom stereocenters. The van der Waals surface area contributed by atoms with E-state index < -0.39 is 11.6 Å². The SMILES string of the molecule is CCN(CC)c1ccc(N2CCN(C(=O)Nc3cc(F)cc(F)c3)CC2)nn1. The standard InChI is InChI=1S/C19H24F2N6O/c1-3-25(4-2)17-5-6-18(24-23-17)26-7-9-27(10-8-26)19(28)22-16-12-14(20)11-15(21)13-16/h5-6,11-13H,3-4,7-10H2,1-2H3,(H,22,28). The molecule has 1 aliphatic rings. The van der Waals surface area contributed by atoms with Crippen molar-refractivity contribution in [2.45, 2.75) is 13.8 Å². The highest BCUT2D eigenvalue weighted by Gasteiger charge is 2.22. The van der Waals surface area contributed by atoms with E-state index in [1.54, 1.807) is 4.90 Å². The Labute approximate surface area is 162 Å². The van der Waals surface area contributed by atoms with Crippen LogP contribution in [-0.2, 0) is 0 Å². The molecule has 1 aliphatic heterocycles. The summed E-state index contributed by atoms with van der Waals surface area (Å²) in [4.78, 5) is 18.1. The van der Waals surface area contributed by atoms with Gasteiger partial charge in [-0.1, -0.05) is 0 Å². The molecule has 0 radical (unpaired) electrons. The normalized spacial score (nSPS) is 14.1. The molecule has 7 nitrogen and oxygen atoms in total. The van der Waals surface area contributed by atoms with Crippen LogP contribution in [0.4, 0.5) is 30.9 Å². The number of benzene rings is 1. The first kappa shape index (κ1) is 19.8. The third kappa shape index (κ3) is 4.65. The number of nitrogens with zero attached hydrogens (tertiary/aromatic N) is 5. The van der Waals surface area contributed by atoms with Crippen LogP contribution < -0.4 is 15.1 Å². The predicted molar refractivity (Wildman–Crippen MR) is 105 cm³/mol. The second kappa shape index (κ2) is 8.81. The van der Waals surface area contributed by atoms with Crippen LogP contribution in [0.1, 0.15) is 13.8 Å². The van der Waals surface area contributed by atoms with Crippen molar-refractivity contribution in [2.24, 2.45) is 0 Å². The van der Waals surface area contributed by atoms with E-state index in [1.165, 1.54) is 0 Å². The van der Waals surface area contributed by atoms with Crippen LogP contribution in [-0.4, -0.2) is 60.4 Å². The third-order valence-electron chi connectivity index (χ3n) is 4.73. The molecule has 0 saturated carbocycles. The highest BCUT2D eigenvalue weighted by Crippen LogP contribution is 2.18. The lowest BCUT2D eigenvalue weighted by atomic mass is 10.3. The van der Waals surface area contributed by atoms with E-state index in [9.17, 15) is 13.6 Å². The van der Waals surface area contributed by atoms with Gasteiger partial charge in [-0.15, -0.1) is 10.2 Å². The van der Waals surface area contributed by atoms with Gasteiger partial charge < -0.3 is 20.0 Å². The summed E-state index contributed by atoms with van der Waals surface area (Å²) in [5, 5.41) is 11.1. The van der Waals surface area contributed by atoms with Gasteiger partial charge in [0.15, 0.2) is 11.6 Å². The zero-order valence-corrected chi connectivity index (χ0v) is 16.0. The summed E-state index contributed by atoms with van der Waals surface area (Å²) in [6.45, 7) is 8.03. The Morgan fingerprint density at radius 1 is 1.04 bits per heavy atom. The lowest BCUT2D eigenvalue weighted by Gasteiger charge is -2.35. The third-order valence-corrected chi connectivity index (χ3v) is 4.73. The highest BCUT2D eigenvalue weighted by atomic mass is 19.1. The van der Waals surface area contributed by atoms with Gasteiger partial charge >= 0.3 is 6.03 Å². The van der Waals surface area contributed by atoms with Gasteiger partial charge in [0.2, 0.25) is 0 Å². The average molecular weight is 390 g/mol. The molecule has 2 aromatic rings. The zero-order valence-electron chi connectivity index (χ0n) is 16.0. The maximum Gasteiger partial charge on any atom is 0.321 e. The summed E-state index contributed by atoms with van der Waals surface area (Å²) in [6, 6.07) is 6.45. The molecule has 1 aromatic heterocycles. The molecular weight excluding hydrogens is 366 g/mol. The van der Waals surface area contributed by atoms with Crippen molar-refractivity contribution in [3.63, 3.8) is 0 Å². The van der Waals surface area contributed by atoms with Gasteiger partial charge in [-0.25, -0.2) is 13.6 Å². The van der Waals surface area contributed by atoms with Crippen molar-refractivity contribution in [2.75, 3.05) is 54.4 Å². The molecule has 9 heteroatoms. The second-order valence-electron chi connectivity index (χ2n) is 6.48. The lowest BCUT2D eigenvalue weighted by Crippen LogP contribution is -2.50. The van der Waals surface area contributed by atoms with Crippen LogP contribution in [0.2, 0.25) is 0 Å². The minimum Gasteiger partial charge on any atom is -0.356 e. The Morgan fingerprint density at radius 2 is 1.68 bits per heavy atom. The molecule has 1 saturated heterocycles. The maximum atomic E-state index is 13.3. The Hall–Kier alpha value is -2.97. The summed E-state index contributed by atoms with van der Waals surface area (Å²) in [5.74, 6) is 0.149. The van der Waals surface area contributed by atoms with Crippen molar-refractivity contribution < 1.29 is 13.6 Å². The minimum absolute atomic E-state index is 0.0998. The van der Waals surface area contributed by atoms with Crippen molar-refractivity contribution in [1.82, 2.24) is 15.1 Å². The largest absolute Gasteiger partial charge is 0.356 e. The fraction of sp³-hybridized carbons (Fsp3) is 0.421. The summed E-state index contributed by atoms with van der Waals surface area (Å²) < 4.78 is 26.5. The van der Waals surface area contributed by atoms with Gasteiger partial charge in [-0.3, -0.25) is 0 Å². The molecule has 150 valence electrons. The van der Waals surface area contributed by atoms with Crippen LogP contribution in [0.25, 0.3) is 0 Å². The van der Waals surface area contributed by atoms with E-state index >= 15 is 0 Å². The van der Waals surface area contributed by atoms with Crippen LogP contribution in [0, 0.1) is 11.6 Å². The topological polar surface area (TPSA) is 64.6 Å². The van der Waals surface area contributed by atoms with Crippen molar-refractivity contribution >= 4 is 23.4 Å². The minimum atomic E-state index is -0.730. The number of piperazine rings is 1. The maximum absolute atomic E-state index is 13.3. The van der Waals surface area contributed by atoms with Crippen LogP contribution >= 0.6 is 0 Å². The van der Waals surface area contributed by atoms with E-state index in [0.29, 0.717) is 26.2 Å². The molecule has 28 heavy (non-hydrogen) atoms. The predicted octanol–water partition coefficient (Wildman–Crippen LogP) is 2.96. The number of hydrogen-bond acceptors (Lipinski definition) is 5. The molecule has 0 aliphatic carbocycles. The fourth-order valence-electron chi connectivity index (χ4n) is 3.17. The molecule has 1 aromatic carbocycles. The summed E-state index contributed by atoms with van der Waals surface area (Å²) in [5.41, 5.74) is 0.0998. The van der Waals surface area contributed by atoms with Crippen molar-refractivity contribution in [1.29, 1.82) is 0 Å². The molecule has 1 fully saturated rings. The Morgan fingerprint density at radius 3 is 2.21 bits per heavy atom. The Bertz CT molecular complexity index is 784. The van der Waals surface area contributed by atoms with Crippen molar-refractivity contribution in [3.05, 3.63) is 42.0 Å². The van der Waals surface area contributed by atoms with Gasteiger partial charge in [0.25, 0.3) is 0 Å². The molecule has 0 spiro atoms. The number of hydrogen-bond donors (Lipinski definition) is 1. The smallest absolute Gasteiger partial charge is 0.321 e. The highest BCUT2D eigenvalue weighted by molar-refractivity contribution is 5.89. The first-order valence-corrected chi connectivity index (χ1v) is 9.35. The van der Waals surface area contributed by atoms with E-state index in [1.807, 2.05) is 12.1 Å².